The van der Waals surface area contributed by atoms with Crippen molar-refractivity contribution in [3.63, 3.8) is 0 Å². The first-order valence-electron chi connectivity index (χ1n) is 5.95. The molecule has 0 atom stereocenters. The van der Waals surface area contributed by atoms with Gasteiger partial charge in [0, 0.05) is 11.9 Å². The van der Waals surface area contributed by atoms with Crippen molar-refractivity contribution in [3.8, 4) is 0 Å². The molecular weight excluding hydrogens is 242 g/mol. The standard InChI is InChI=1S/C14H15N3O2/c1-2-19-14(18)10-5-3-6-11(9-10)17-13-12(15)7-4-8-16-13/h3-9H,2,15H2,1H3,(H,16,17). The summed E-state index contributed by atoms with van der Waals surface area (Å²) < 4.78 is 4.95. The smallest absolute Gasteiger partial charge is 0.338 e. The van der Waals surface area contributed by atoms with Gasteiger partial charge in [-0.2, -0.15) is 0 Å². The van der Waals surface area contributed by atoms with Crippen molar-refractivity contribution in [2.24, 2.45) is 0 Å². The molecule has 0 saturated heterocycles. The second-order valence-corrected chi connectivity index (χ2v) is 3.87. The van der Waals surface area contributed by atoms with E-state index in [0.29, 0.717) is 23.7 Å². The topological polar surface area (TPSA) is 77.2 Å². The number of esters is 1. The lowest BCUT2D eigenvalue weighted by atomic mass is 10.2. The molecule has 5 nitrogen and oxygen atoms in total. The molecule has 0 aliphatic heterocycles. The number of carbonyl (C=O) groups is 1. The summed E-state index contributed by atoms with van der Waals surface area (Å²) >= 11 is 0. The summed E-state index contributed by atoms with van der Waals surface area (Å²) in [5.41, 5.74) is 7.56. The maximum Gasteiger partial charge on any atom is 0.338 e. The molecule has 0 amide bonds. The summed E-state index contributed by atoms with van der Waals surface area (Å²) in [6.07, 6.45) is 1.65. The van der Waals surface area contributed by atoms with E-state index in [4.69, 9.17) is 10.5 Å². The zero-order valence-corrected chi connectivity index (χ0v) is 10.6. The second kappa shape index (κ2) is 5.86. The highest BCUT2D eigenvalue weighted by molar-refractivity contribution is 5.90. The van der Waals surface area contributed by atoms with E-state index in [1.165, 1.54) is 0 Å². The van der Waals surface area contributed by atoms with Gasteiger partial charge in [-0.1, -0.05) is 6.07 Å². The second-order valence-electron chi connectivity index (χ2n) is 3.87. The summed E-state index contributed by atoms with van der Waals surface area (Å²) in [6, 6.07) is 10.5. The van der Waals surface area contributed by atoms with Crippen molar-refractivity contribution >= 4 is 23.2 Å². The van der Waals surface area contributed by atoms with Crippen LogP contribution in [-0.4, -0.2) is 17.6 Å². The summed E-state index contributed by atoms with van der Waals surface area (Å²) in [4.78, 5) is 15.8. The molecule has 98 valence electrons. The fraction of sp³-hybridized carbons (Fsp3) is 0.143. The molecule has 2 aromatic rings. The third-order valence-corrected chi connectivity index (χ3v) is 2.48. The van der Waals surface area contributed by atoms with Gasteiger partial charge in [0.2, 0.25) is 0 Å². The molecule has 0 aliphatic carbocycles. The monoisotopic (exact) mass is 257 g/mol. The minimum Gasteiger partial charge on any atom is -0.462 e. The molecule has 5 heteroatoms. The lowest BCUT2D eigenvalue weighted by Crippen LogP contribution is -2.05. The van der Waals surface area contributed by atoms with Gasteiger partial charge in [-0.25, -0.2) is 9.78 Å². The third-order valence-electron chi connectivity index (χ3n) is 2.48. The largest absolute Gasteiger partial charge is 0.462 e. The van der Waals surface area contributed by atoms with Crippen molar-refractivity contribution in [1.82, 2.24) is 4.98 Å². The fourth-order valence-electron chi connectivity index (χ4n) is 1.60. The van der Waals surface area contributed by atoms with Crippen LogP contribution in [0.3, 0.4) is 0 Å². The molecule has 0 bridgehead atoms. The van der Waals surface area contributed by atoms with Crippen LogP contribution in [-0.2, 0) is 4.74 Å². The molecule has 1 aromatic carbocycles. The van der Waals surface area contributed by atoms with Gasteiger partial charge in [0.25, 0.3) is 0 Å². The Labute approximate surface area is 111 Å². The van der Waals surface area contributed by atoms with Crippen molar-refractivity contribution in [2.75, 3.05) is 17.7 Å². The Morgan fingerprint density at radius 3 is 2.95 bits per heavy atom. The number of ether oxygens (including phenoxy) is 1. The highest BCUT2D eigenvalue weighted by atomic mass is 16.5. The van der Waals surface area contributed by atoms with Gasteiger partial charge in [0.05, 0.1) is 17.9 Å². The highest BCUT2D eigenvalue weighted by Crippen LogP contribution is 2.20. The van der Waals surface area contributed by atoms with Gasteiger partial charge in [0.15, 0.2) is 5.82 Å². The Morgan fingerprint density at radius 1 is 1.37 bits per heavy atom. The zero-order valence-electron chi connectivity index (χ0n) is 10.6. The van der Waals surface area contributed by atoms with Crippen molar-refractivity contribution < 1.29 is 9.53 Å². The minimum atomic E-state index is -0.347. The third kappa shape index (κ3) is 3.22. The van der Waals surface area contributed by atoms with Gasteiger partial charge in [0.1, 0.15) is 0 Å². The zero-order chi connectivity index (χ0) is 13.7. The van der Waals surface area contributed by atoms with E-state index in [1.54, 1.807) is 43.5 Å². The lowest BCUT2D eigenvalue weighted by Gasteiger charge is -2.09. The van der Waals surface area contributed by atoms with E-state index in [1.807, 2.05) is 6.07 Å². The van der Waals surface area contributed by atoms with E-state index < -0.39 is 0 Å². The van der Waals surface area contributed by atoms with Gasteiger partial charge < -0.3 is 15.8 Å². The minimum absolute atomic E-state index is 0.347. The van der Waals surface area contributed by atoms with Crippen LogP contribution in [0.25, 0.3) is 0 Å². The van der Waals surface area contributed by atoms with Crippen LogP contribution in [0, 0.1) is 0 Å². The number of hydrogen-bond acceptors (Lipinski definition) is 5. The molecule has 0 aliphatic rings. The average molecular weight is 257 g/mol. The molecule has 0 fully saturated rings. The van der Waals surface area contributed by atoms with Crippen molar-refractivity contribution in [2.45, 2.75) is 6.92 Å². The SMILES string of the molecule is CCOC(=O)c1cccc(Nc2ncccc2N)c1. The van der Waals surface area contributed by atoms with E-state index in [-0.39, 0.29) is 5.97 Å². The number of aromatic nitrogens is 1. The van der Waals surface area contributed by atoms with Gasteiger partial charge in [-0.05, 0) is 37.3 Å². The van der Waals surface area contributed by atoms with E-state index in [9.17, 15) is 4.79 Å². The summed E-state index contributed by atoms with van der Waals surface area (Å²) in [5, 5.41) is 3.07. The first-order chi connectivity index (χ1) is 9.20. The fourth-order valence-corrected chi connectivity index (χ4v) is 1.60. The Kier molecular flexibility index (Phi) is 3.97. The molecule has 0 unspecified atom stereocenters. The Bertz CT molecular complexity index is 584. The number of hydrogen-bond donors (Lipinski definition) is 2. The first kappa shape index (κ1) is 12.9. The predicted octanol–water partition coefficient (Wildman–Crippen LogP) is 2.58. The number of carbonyl (C=O) groups excluding carboxylic acids is 1. The van der Waals surface area contributed by atoms with Crippen LogP contribution in [0.2, 0.25) is 0 Å². The Hall–Kier alpha value is -2.56. The normalized spacial score (nSPS) is 9.95. The molecule has 0 saturated carbocycles. The Balaban J connectivity index is 2.20. The predicted molar refractivity (Wildman–Crippen MR) is 74.3 cm³/mol. The number of pyridine rings is 1. The van der Waals surface area contributed by atoms with Crippen LogP contribution in [0.4, 0.5) is 17.2 Å². The molecule has 2 rings (SSSR count). The van der Waals surface area contributed by atoms with Crippen molar-refractivity contribution in [3.05, 3.63) is 48.2 Å². The first-order valence-corrected chi connectivity index (χ1v) is 5.95. The number of nitrogens with one attached hydrogen (secondary N) is 1. The molecule has 0 radical (unpaired) electrons. The van der Waals surface area contributed by atoms with Gasteiger partial charge in [-0.3, -0.25) is 0 Å². The summed E-state index contributed by atoms with van der Waals surface area (Å²) in [5.74, 6) is 0.212. The summed E-state index contributed by atoms with van der Waals surface area (Å²) in [6.45, 7) is 2.12. The van der Waals surface area contributed by atoms with Crippen LogP contribution >= 0.6 is 0 Å². The van der Waals surface area contributed by atoms with Crippen LogP contribution < -0.4 is 11.1 Å². The maximum absolute atomic E-state index is 11.6. The maximum atomic E-state index is 11.6. The number of anilines is 3. The molecule has 3 N–H and O–H groups in total. The van der Waals surface area contributed by atoms with Crippen LogP contribution in [0.15, 0.2) is 42.6 Å². The number of nitrogen functional groups attached to an aromatic ring is 1. The Morgan fingerprint density at radius 2 is 2.21 bits per heavy atom. The molecular formula is C14H15N3O2. The molecule has 1 aromatic heterocycles. The summed E-state index contributed by atoms with van der Waals surface area (Å²) in [7, 11) is 0. The molecule has 19 heavy (non-hydrogen) atoms. The quantitative estimate of drug-likeness (QED) is 0.823. The number of rotatable bonds is 4. The van der Waals surface area contributed by atoms with E-state index in [0.717, 1.165) is 5.69 Å². The molecule has 1 heterocycles. The van der Waals surface area contributed by atoms with Crippen LogP contribution in [0.1, 0.15) is 17.3 Å². The van der Waals surface area contributed by atoms with Crippen LogP contribution in [0.5, 0.6) is 0 Å². The highest BCUT2D eigenvalue weighted by Gasteiger charge is 2.07. The van der Waals surface area contributed by atoms with E-state index >= 15 is 0 Å². The number of nitrogens with two attached hydrogens (primary N) is 1. The number of nitrogens with zero attached hydrogens (tertiary/aromatic N) is 1. The number of benzene rings is 1. The van der Waals surface area contributed by atoms with Gasteiger partial charge >= 0.3 is 5.97 Å². The van der Waals surface area contributed by atoms with Gasteiger partial charge in [-0.15, -0.1) is 0 Å². The van der Waals surface area contributed by atoms with Crippen molar-refractivity contribution in [1.29, 1.82) is 0 Å². The van der Waals surface area contributed by atoms with E-state index in [2.05, 4.69) is 10.3 Å². The molecule has 0 spiro atoms. The average Bonchev–Trinajstić information content (AvgIpc) is 2.42. The lowest BCUT2D eigenvalue weighted by molar-refractivity contribution is 0.0526.